The molecule has 0 heterocycles. The van der Waals surface area contributed by atoms with E-state index in [2.05, 4.69) is 28.3 Å². The number of aliphatic imine (C=N–C) groups is 1. The number of carbonyl (C=O) groups is 1. The van der Waals surface area contributed by atoms with Crippen LogP contribution in [-0.2, 0) is 9.53 Å². The third-order valence-corrected chi connectivity index (χ3v) is 2.28. The summed E-state index contributed by atoms with van der Waals surface area (Å²) < 4.78 is 4.80. The Morgan fingerprint density at radius 3 is 2.22 bits per heavy atom. The lowest BCUT2D eigenvalue weighted by molar-refractivity contribution is -0.120. The zero-order valence-electron chi connectivity index (χ0n) is 12.1. The van der Waals surface area contributed by atoms with Crippen molar-refractivity contribution in [3.8, 4) is 0 Å². The van der Waals surface area contributed by atoms with Crippen molar-refractivity contribution in [2.24, 2.45) is 4.99 Å². The Hall–Kier alpha value is -1.01. The van der Waals surface area contributed by atoms with Gasteiger partial charge in [-0.05, 0) is 19.4 Å². The van der Waals surface area contributed by atoms with Crippen molar-refractivity contribution >= 4 is 24.5 Å². The topological polar surface area (TPSA) is 62.7 Å². The van der Waals surface area contributed by atoms with Crippen LogP contribution >= 0.6 is 12.6 Å². The first-order chi connectivity index (χ1) is 8.51. The highest BCUT2D eigenvalue weighted by atomic mass is 32.1. The lowest BCUT2D eigenvalue weighted by Crippen LogP contribution is -2.40. The maximum atomic E-state index is 11.4. The van der Waals surface area contributed by atoms with Crippen LogP contribution in [0.5, 0.6) is 0 Å². The SMILES string of the molecule is CC.CN=C(NC(=O)CCOC)NC(S)=C(C)C. The summed E-state index contributed by atoms with van der Waals surface area (Å²) in [5.41, 5.74) is 1.01. The van der Waals surface area contributed by atoms with E-state index >= 15 is 0 Å². The third-order valence-electron chi connectivity index (χ3n) is 1.73. The summed E-state index contributed by atoms with van der Waals surface area (Å²) in [6.07, 6.45) is 0.300. The van der Waals surface area contributed by atoms with E-state index < -0.39 is 0 Å². The molecular formula is C12H25N3O2S. The van der Waals surface area contributed by atoms with Gasteiger partial charge in [0, 0.05) is 14.2 Å². The summed E-state index contributed by atoms with van der Waals surface area (Å²) in [5.74, 6) is 0.233. The number of allylic oxidation sites excluding steroid dienone is 1. The molecule has 0 aliphatic heterocycles. The third kappa shape index (κ3) is 10.2. The second-order valence-electron chi connectivity index (χ2n) is 3.34. The van der Waals surface area contributed by atoms with Crippen LogP contribution in [0, 0.1) is 0 Å². The Balaban J connectivity index is 0. The van der Waals surface area contributed by atoms with E-state index in [9.17, 15) is 4.79 Å². The van der Waals surface area contributed by atoms with Gasteiger partial charge in [-0.25, -0.2) is 0 Å². The summed E-state index contributed by atoms with van der Waals surface area (Å²) in [6, 6.07) is 0. The maximum absolute atomic E-state index is 11.4. The molecule has 0 spiro atoms. The fraction of sp³-hybridized carbons (Fsp3) is 0.667. The van der Waals surface area contributed by atoms with Gasteiger partial charge in [-0.3, -0.25) is 15.1 Å². The molecule has 0 aliphatic rings. The molecule has 0 unspecified atom stereocenters. The van der Waals surface area contributed by atoms with E-state index in [-0.39, 0.29) is 5.91 Å². The Morgan fingerprint density at radius 2 is 1.83 bits per heavy atom. The Labute approximate surface area is 115 Å². The molecule has 0 aromatic rings. The van der Waals surface area contributed by atoms with Gasteiger partial charge in [0.2, 0.25) is 11.9 Å². The molecule has 0 saturated heterocycles. The molecule has 0 aromatic carbocycles. The maximum Gasteiger partial charge on any atom is 0.228 e. The van der Waals surface area contributed by atoms with Crippen molar-refractivity contribution < 1.29 is 9.53 Å². The number of hydrogen-bond donors (Lipinski definition) is 3. The second-order valence-corrected chi connectivity index (χ2v) is 3.78. The average molecular weight is 275 g/mol. The molecular weight excluding hydrogens is 250 g/mol. The zero-order valence-corrected chi connectivity index (χ0v) is 13.0. The van der Waals surface area contributed by atoms with E-state index in [0.29, 0.717) is 24.0 Å². The number of nitrogens with zero attached hydrogens (tertiary/aromatic N) is 1. The molecule has 0 saturated carbocycles. The highest BCUT2D eigenvalue weighted by Gasteiger charge is 2.05. The fourth-order valence-electron chi connectivity index (χ4n) is 0.770. The molecule has 0 fully saturated rings. The number of hydrogen-bond acceptors (Lipinski definition) is 4. The van der Waals surface area contributed by atoms with Crippen molar-refractivity contribution in [3.05, 3.63) is 10.6 Å². The number of rotatable bonds is 4. The molecule has 2 N–H and O–H groups in total. The van der Waals surface area contributed by atoms with Gasteiger partial charge in [-0.15, -0.1) is 12.6 Å². The van der Waals surface area contributed by atoms with E-state index in [1.54, 1.807) is 14.2 Å². The highest BCUT2D eigenvalue weighted by Crippen LogP contribution is 2.02. The number of guanidine groups is 1. The van der Waals surface area contributed by atoms with E-state index in [1.807, 2.05) is 27.7 Å². The summed E-state index contributed by atoms with van der Waals surface area (Å²) >= 11 is 4.22. The van der Waals surface area contributed by atoms with Gasteiger partial charge in [0.25, 0.3) is 0 Å². The van der Waals surface area contributed by atoms with Gasteiger partial charge in [0.1, 0.15) is 0 Å². The van der Waals surface area contributed by atoms with Gasteiger partial charge in [0.05, 0.1) is 18.1 Å². The van der Waals surface area contributed by atoms with Crippen LogP contribution in [0.2, 0.25) is 0 Å². The monoisotopic (exact) mass is 275 g/mol. The van der Waals surface area contributed by atoms with Gasteiger partial charge in [-0.1, -0.05) is 13.8 Å². The first kappa shape index (κ1) is 19.3. The van der Waals surface area contributed by atoms with E-state index in [1.165, 1.54) is 0 Å². The second kappa shape index (κ2) is 12.4. The summed E-state index contributed by atoms with van der Waals surface area (Å²) in [7, 11) is 3.14. The van der Waals surface area contributed by atoms with Crippen molar-refractivity contribution in [1.82, 2.24) is 10.6 Å². The van der Waals surface area contributed by atoms with Crippen LogP contribution in [0.1, 0.15) is 34.1 Å². The largest absolute Gasteiger partial charge is 0.384 e. The lowest BCUT2D eigenvalue weighted by atomic mass is 10.4. The smallest absolute Gasteiger partial charge is 0.228 e. The molecule has 6 heteroatoms. The molecule has 0 bridgehead atoms. The molecule has 0 aliphatic carbocycles. The number of carbonyl (C=O) groups excluding carboxylic acids is 1. The quantitative estimate of drug-likeness (QED) is 0.417. The van der Waals surface area contributed by atoms with Gasteiger partial charge in [-0.2, -0.15) is 0 Å². The summed E-state index contributed by atoms with van der Waals surface area (Å²) in [4.78, 5) is 15.3. The predicted octanol–water partition coefficient (Wildman–Crippen LogP) is 1.92. The lowest BCUT2D eigenvalue weighted by Gasteiger charge is -2.11. The van der Waals surface area contributed by atoms with Crippen molar-refractivity contribution in [2.75, 3.05) is 20.8 Å². The van der Waals surface area contributed by atoms with Crippen LogP contribution in [-0.4, -0.2) is 32.6 Å². The molecule has 18 heavy (non-hydrogen) atoms. The van der Waals surface area contributed by atoms with Crippen LogP contribution in [0.15, 0.2) is 15.6 Å². The van der Waals surface area contributed by atoms with Crippen LogP contribution in [0.25, 0.3) is 0 Å². The number of thiol groups is 1. The van der Waals surface area contributed by atoms with E-state index in [4.69, 9.17) is 4.74 Å². The standard InChI is InChI=1S/C10H19N3O2S.C2H6/c1-7(2)9(16)13-10(11-3)12-8(14)5-6-15-4;1-2/h16H,5-6H2,1-4H3,(H2,11,12,13,14);1-2H3. The van der Waals surface area contributed by atoms with Crippen LogP contribution < -0.4 is 10.6 Å². The van der Waals surface area contributed by atoms with Gasteiger partial charge >= 0.3 is 0 Å². The Morgan fingerprint density at radius 1 is 1.28 bits per heavy atom. The number of amides is 1. The minimum atomic E-state index is -0.148. The Bertz CT molecular complexity index is 298. The first-order valence-corrected chi connectivity index (χ1v) is 6.35. The van der Waals surface area contributed by atoms with Gasteiger partial charge < -0.3 is 10.1 Å². The fourth-order valence-corrected chi connectivity index (χ4v) is 0.875. The molecule has 0 radical (unpaired) electrons. The zero-order chi connectivity index (χ0) is 14.6. The molecule has 106 valence electrons. The van der Waals surface area contributed by atoms with Gasteiger partial charge in [0.15, 0.2) is 0 Å². The number of methoxy groups -OCH3 is 1. The highest BCUT2D eigenvalue weighted by molar-refractivity contribution is 7.84. The van der Waals surface area contributed by atoms with E-state index in [0.717, 1.165) is 5.57 Å². The van der Waals surface area contributed by atoms with Crippen molar-refractivity contribution in [2.45, 2.75) is 34.1 Å². The normalized spacial score (nSPS) is 10.1. The number of nitrogens with one attached hydrogen (secondary N) is 2. The molecule has 0 aromatic heterocycles. The average Bonchev–Trinajstić information content (AvgIpc) is 2.37. The minimum Gasteiger partial charge on any atom is -0.384 e. The molecule has 1 amide bonds. The predicted molar refractivity (Wildman–Crippen MR) is 79.8 cm³/mol. The Kier molecular flexibility index (Phi) is 13.4. The molecule has 0 rings (SSSR count). The molecule has 5 nitrogen and oxygen atoms in total. The first-order valence-electron chi connectivity index (χ1n) is 5.90. The van der Waals surface area contributed by atoms with Crippen molar-refractivity contribution in [3.63, 3.8) is 0 Å². The van der Waals surface area contributed by atoms with Crippen LogP contribution in [0.4, 0.5) is 0 Å². The number of ether oxygens (including phenoxy) is 1. The molecule has 0 atom stereocenters. The minimum absolute atomic E-state index is 0.148. The summed E-state index contributed by atoms with van der Waals surface area (Å²) in [6.45, 7) is 8.21. The van der Waals surface area contributed by atoms with Crippen molar-refractivity contribution in [1.29, 1.82) is 0 Å². The van der Waals surface area contributed by atoms with Crippen LogP contribution in [0.3, 0.4) is 0 Å². The summed E-state index contributed by atoms with van der Waals surface area (Å²) in [5, 5.41) is 6.19.